The highest BCUT2D eigenvalue weighted by atomic mass is 32.1. The van der Waals surface area contributed by atoms with Gasteiger partial charge in [0.2, 0.25) is 5.82 Å². The minimum absolute atomic E-state index is 0.208. The van der Waals surface area contributed by atoms with Gasteiger partial charge in [-0.2, -0.15) is 4.52 Å². The first-order valence-electron chi connectivity index (χ1n) is 11.0. The summed E-state index contributed by atoms with van der Waals surface area (Å²) in [6.07, 6.45) is 4.32. The van der Waals surface area contributed by atoms with Crippen molar-refractivity contribution < 1.29 is 14.4 Å². The van der Waals surface area contributed by atoms with Crippen molar-refractivity contribution in [1.82, 2.24) is 24.9 Å². The number of morpholine rings is 1. The second-order valence-corrected chi connectivity index (χ2v) is 9.67. The van der Waals surface area contributed by atoms with Gasteiger partial charge in [0.1, 0.15) is 23.7 Å². The van der Waals surface area contributed by atoms with Crippen LogP contribution < -0.4 is 10.2 Å². The number of nitrogens with zero attached hydrogens (tertiary/aromatic N) is 4. The van der Waals surface area contributed by atoms with Crippen molar-refractivity contribution in [3.05, 3.63) is 22.1 Å². The molecule has 0 aromatic carbocycles. The number of ether oxygens (including phenoxy) is 1. The summed E-state index contributed by atoms with van der Waals surface area (Å²) < 4.78 is 7.13. The minimum Gasteiger partial charge on any atom is -0.370 e. The van der Waals surface area contributed by atoms with Crippen LogP contribution in [0.1, 0.15) is 46.6 Å². The molecule has 1 fully saturated rings. The van der Waals surface area contributed by atoms with Crippen LogP contribution in [0.5, 0.6) is 0 Å². The van der Waals surface area contributed by atoms with Gasteiger partial charge in [-0.15, -0.1) is 16.4 Å². The van der Waals surface area contributed by atoms with Crippen LogP contribution in [-0.2, 0) is 17.6 Å². The molecular weight excluding hydrogens is 400 g/mol. The molecule has 9 heteroatoms. The molecule has 1 aliphatic heterocycles. The van der Waals surface area contributed by atoms with Crippen LogP contribution in [0.3, 0.4) is 0 Å². The lowest BCUT2D eigenvalue weighted by Crippen LogP contribution is -3.14. The van der Waals surface area contributed by atoms with Crippen LogP contribution in [-0.4, -0.2) is 64.9 Å². The van der Waals surface area contributed by atoms with Gasteiger partial charge in [0.15, 0.2) is 5.65 Å². The molecule has 0 unspecified atom stereocenters. The quantitative estimate of drug-likeness (QED) is 0.586. The zero-order chi connectivity index (χ0) is 20.7. The summed E-state index contributed by atoms with van der Waals surface area (Å²) in [4.78, 5) is 26.1. The zero-order valence-corrected chi connectivity index (χ0v) is 18.5. The lowest BCUT2D eigenvalue weighted by molar-refractivity contribution is -0.908. The number of aryl methyl sites for hydroxylation is 2. The molecule has 1 amide bonds. The van der Waals surface area contributed by atoms with Crippen LogP contribution in [0.2, 0.25) is 0 Å². The molecule has 0 bridgehead atoms. The molecule has 4 heterocycles. The fourth-order valence-corrected chi connectivity index (χ4v) is 5.83. The predicted molar refractivity (Wildman–Crippen MR) is 115 cm³/mol. The van der Waals surface area contributed by atoms with Crippen molar-refractivity contribution in [2.24, 2.45) is 5.92 Å². The monoisotopic (exact) mass is 429 g/mol. The number of quaternary nitrogens is 1. The standard InChI is InChI=1S/C21H28N6O2S/c1-13-4-5-16-15(12-13)17-19-24-18(25-27(19)14(2)23-21(17)30-16)20(28)22-6-3-7-26-8-10-29-11-9-26/h13H,3-12H2,1-2H3,(H,22,28)/p+1/t13-/m1/s1. The Hall–Kier alpha value is -2.10. The molecular formula is C21H29N6O2S+. The van der Waals surface area contributed by atoms with E-state index in [-0.39, 0.29) is 11.7 Å². The first kappa shape index (κ1) is 19.8. The first-order valence-corrected chi connectivity index (χ1v) is 11.8. The van der Waals surface area contributed by atoms with Crippen LogP contribution in [0, 0.1) is 12.8 Å². The Kier molecular flexibility index (Phi) is 5.43. The fourth-order valence-electron chi connectivity index (χ4n) is 4.57. The van der Waals surface area contributed by atoms with E-state index in [2.05, 4.69) is 22.3 Å². The highest BCUT2D eigenvalue weighted by molar-refractivity contribution is 7.19. The van der Waals surface area contributed by atoms with E-state index in [4.69, 9.17) is 9.72 Å². The van der Waals surface area contributed by atoms with E-state index in [0.717, 1.165) is 73.8 Å². The Labute approximate surface area is 179 Å². The van der Waals surface area contributed by atoms with Crippen LogP contribution >= 0.6 is 11.3 Å². The van der Waals surface area contributed by atoms with Gasteiger partial charge in [0.25, 0.3) is 5.91 Å². The molecule has 5 rings (SSSR count). The maximum absolute atomic E-state index is 12.7. The summed E-state index contributed by atoms with van der Waals surface area (Å²) in [6.45, 7) is 9.67. The molecule has 1 atom stereocenters. The Bertz CT molecular complexity index is 1080. The number of aromatic nitrogens is 4. The van der Waals surface area contributed by atoms with Crippen molar-refractivity contribution in [1.29, 1.82) is 0 Å². The van der Waals surface area contributed by atoms with E-state index >= 15 is 0 Å². The predicted octanol–water partition coefficient (Wildman–Crippen LogP) is 0.807. The van der Waals surface area contributed by atoms with Crippen LogP contribution in [0.15, 0.2) is 0 Å². The third kappa shape index (κ3) is 3.70. The molecule has 0 saturated carbocycles. The maximum atomic E-state index is 12.7. The fraction of sp³-hybridized carbons (Fsp3) is 0.619. The van der Waals surface area contributed by atoms with Gasteiger partial charge in [-0.3, -0.25) is 4.79 Å². The topological polar surface area (TPSA) is 85.8 Å². The van der Waals surface area contributed by atoms with E-state index in [1.54, 1.807) is 20.8 Å². The molecule has 160 valence electrons. The Morgan fingerprint density at radius 2 is 2.17 bits per heavy atom. The average Bonchev–Trinajstić information content (AvgIpc) is 3.33. The second kappa shape index (κ2) is 8.20. The highest BCUT2D eigenvalue weighted by Crippen LogP contribution is 2.38. The number of rotatable bonds is 5. The lowest BCUT2D eigenvalue weighted by atomic mass is 9.89. The number of amides is 1. The van der Waals surface area contributed by atoms with Crippen molar-refractivity contribution in [3.63, 3.8) is 0 Å². The number of hydrogen-bond donors (Lipinski definition) is 2. The van der Waals surface area contributed by atoms with Crippen LogP contribution in [0.4, 0.5) is 0 Å². The number of carbonyl (C=O) groups excluding carboxylic acids is 1. The third-order valence-corrected chi connectivity index (χ3v) is 7.47. The molecule has 0 radical (unpaired) electrons. The molecule has 3 aromatic heterocycles. The molecule has 2 aliphatic rings. The van der Waals surface area contributed by atoms with Gasteiger partial charge < -0.3 is 15.0 Å². The Balaban J connectivity index is 1.35. The van der Waals surface area contributed by atoms with Gasteiger partial charge >= 0.3 is 0 Å². The summed E-state index contributed by atoms with van der Waals surface area (Å²) in [5.74, 6) is 1.46. The normalized spacial score (nSPS) is 20.0. The molecule has 3 aromatic rings. The molecule has 0 spiro atoms. The lowest BCUT2D eigenvalue weighted by Gasteiger charge is -2.23. The van der Waals surface area contributed by atoms with Crippen molar-refractivity contribution >= 4 is 33.1 Å². The SMILES string of the molecule is Cc1nc2sc3c(c2c2nc(C(=O)NCCC[NH+]4CCOCC4)nn12)C[C@H](C)CC3. The van der Waals surface area contributed by atoms with Gasteiger partial charge in [0.05, 0.1) is 25.1 Å². The molecule has 1 aliphatic carbocycles. The molecule has 8 nitrogen and oxygen atoms in total. The summed E-state index contributed by atoms with van der Waals surface area (Å²) in [5, 5.41) is 8.58. The maximum Gasteiger partial charge on any atom is 0.290 e. The van der Waals surface area contributed by atoms with E-state index in [0.29, 0.717) is 12.5 Å². The largest absolute Gasteiger partial charge is 0.370 e. The zero-order valence-electron chi connectivity index (χ0n) is 17.7. The summed E-state index contributed by atoms with van der Waals surface area (Å²) in [5.41, 5.74) is 2.13. The van der Waals surface area contributed by atoms with Crippen molar-refractivity contribution in [3.8, 4) is 0 Å². The highest BCUT2D eigenvalue weighted by Gasteiger charge is 2.25. The number of fused-ring (bicyclic) bond motifs is 5. The molecule has 2 N–H and O–H groups in total. The van der Waals surface area contributed by atoms with Gasteiger partial charge in [0, 0.05) is 17.8 Å². The molecule has 1 saturated heterocycles. The van der Waals surface area contributed by atoms with Crippen LogP contribution in [0.25, 0.3) is 15.9 Å². The number of nitrogens with one attached hydrogen (secondary N) is 2. The van der Waals surface area contributed by atoms with E-state index in [9.17, 15) is 4.79 Å². The molecule has 30 heavy (non-hydrogen) atoms. The van der Waals surface area contributed by atoms with Gasteiger partial charge in [-0.25, -0.2) is 9.97 Å². The van der Waals surface area contributed by atoms with Gasteiger partial charge in [-0.05, 0) is 37.7 Å². The number of carbonyl (C=O) groups is 1. The second-order valence-electron chi connectivity index (χ2n) is 8.58. The van der Waals surface area contributed by atoms with Gasteiger partial charge in [-0.1, -0.05) is 6.92 Å². The van der Waals surface area contributed by atoms with Crippen molar-refractivity contribution in [2.45, 2.75) is 39.5 Å². The van der Waals surface area contributed by atoms with Crippen molar-refractivity contribution in [2.75, 3.05) is 39.4 Å². The average molecular weight is 430 g/mol. The van der Waals surface area contributed by atoms with E-state index in [1.165, 1.54) is 16.9 Å². The number of hydrogen-bond acceptors (Lipinski definition) is 6. The van der Waals surface area contributed by atoms with E-state index < -0.39 is 0 Å². The third-order valence-electron chi connectivity index (χ3n) is 6.29. The van der Waals surface area contributed by atoms with E-state index in [1.807, 2.05) is 6.92 Å². The number of thiophene rings is 1. The summed E-state index contributed by atoms with van der Waals surface area (Å²) in [6, 6.07) is 0. The Morgan fingerprint density at radius 1 is 1.33 bits per heavy atom. The summed E-state index contributed by atoms with van der Waals surface area (Å²) in [7, 11) is 0. The Morgan fingerprint density at radius 3 is 3.00 bits per heavy atom. The first-order chi connectivity index (χ1) is 14.6. The summed E-state index contributed by atoms with van der Waals surface area (Å²) >= 11 is 1.77. The smallest absolute Gasteiger partial charge is 0.290 e. The minimum atomic E-state index is -0.208.